The van der Waals surface area contributed by atoms with Gasteiger partial charge in [0, 0.05) is 19.1 Å². The van der Waals surface area contributed by atoms with Gasteiger partial charge >= 0.3 is 5.69 Å². The van der Waals surface area contributed by atoms with Gasteiger partial charge in [-0.05, 0) is 26.8 Å². The Morgan fingerprint density at radius 2 is 2.30 bits per heavy atom. The molecule has 9 heteroatoms. The average Bonchev–Trinajstić information content (AvgIpc) is 2.80. The number of aromatic amines is 1. The smallest absolute Gasteiger partial charge is 0.322 e. The third-order valence-electron chi connectivity index (χ3n) is 3.42. The summed E-state index contributed by atoms with van der Waals surface area (Å²) in [6.45, 7) is 2.70. The highest BCUT2D eigenvalue weighted by molar-refractivity contribution is 5.96. The van der Waals surface area contributed by atoms with Crippen molar-refractivity contribution >= 4 is 24.0 Å². The van der Waals surface area contributed by atoms with E-state index in [-0.39, 0.29) is 35.7 Å². The van der Waals surface area contributed by atoms with Crippen molar-refractivity contribution in [2.45, 2.75) is 25.8 Å². The van der Waals surface area contributed by atoms with Gasteiger partial charge in [-0.2, -0.15) is 5.10 Å². The van der Waals surface area contributed by atoms with E-state index in [0.717, 1.165) is 12.8 Å². The summed E-state index contributed by atoms with van der Waals surface area (Å²) in [5.74, 6) is -0.379. The van der Waals surface area contributed by atoms with Crippen molar-refractivity contribution in [3.63, 3.8) is 0 Å². The van der Waals surface area contributed by atoms with E-state index in [0.29, 0.717) is 18.8 Å². The lowest BCUT2D eigenvalue weighted by molar-refractivity contribution is -0.385. The Morgan fingerprint density at radius 3 is 2.90 bits per heavy atom. The van der Waals surface area contributed by atoms with Crippen LogP contribution in [0.5, 0.6) is 0 Å². The first-order valence-electron chi connectivity index (χ1n) is 6.20. The second-order valence-corrected chi connectivity index (χ2v) is 4.68. The van der Waals surface area contributed by atoms with Crippen molar-refractivity contribution in [1.29, 1.82) is 0 Å². The average molecular weight is 304 g/mol. The summed E-state index contributed by atoms with van der Waals surface area (Å²) in [6.07, 6.45) is 1.89. The molecule has 1 aromatic heterocycles. The Kier molecular flexibility index (Phi) is 5.46. The van der Waals surface area contributed by atoms with E-state index >= 15 is 0 Å². The molecule has 0 aliphatic carbocycles. The van der Waals surface area contributed by atoms with Crippen molar-refractivity contribution in [1.82, 2.24) is 20.4 Å². The molecule has 0 bridgehead atoms. The van der Waals surface area contributed by atoms with Crippen LogP contribution in [0.15, 0.2) is 0 Å². The molecule has 112 valence electrons. The summed E-state index contributed by atoms with van der Waals surface area (Å²) in [4.78, 5) is 24.3. The summed E-state index contributed by atoms with van der Waals surface area (Å²) in [6, 6.07) is 0.233. The van der Waals surface area contributed by atoms with Gasteiger partial charge in [0.2, 0.25) is 5.69 Å². The molecule has 20 heavy (non-hydrogen) atoms. The minimum atomic E-state index is -0.564. The third-order valence-corrected chi connectivity index (χ3v) is 3.42. The van der Waals surface area contributed by atoms with Crippen molar-refractivity contribution < 1.29 is 9.72 Å². The maximum Gasteiger partial charge on any atom is 0.322 e. The summed E-state index contributed by atoms with van der Waals surface area (Å²) in [5.41, 5.74) is -0.0219. The number of nitrogens with one attached hydrogen (secondary N) is 2. The number of rotatable bonds is 3. The molecule has 0 saturated carbocycles. The van der Waals surface area contributed by atoms with E-state index < -0.39 is 4.92 Å². The van der Waals surface area contributed by atoms with Gasteiger partial charge in [-0.25, -0.2) is 0 Å². The van der Waals surface area contributed by atoms with Gasteiger partial charge in [0.1, 0.15) is 5.69 Å². The van der Waals surface area contributed by atoms with Crippen LogP contribution in [-0.4, -0.2) is 52.1 Å². The zero-order valence-electron chi connectivity index (χ0n) is 11.4. The summed E-state index contributed by atoms with van der Waals surface area (Å²) in [5, 5.41) is 20.4. The fourth-order valence-corrected chi connectivity index (χ4v) is 2.34. The van der Waals surface area contributed by atoms with Crippen LogP contribution in [0, 0.1) is 17.0 Å². The van der Waals surface area contributed by atoms with E-state index in [1.54, 1.807) is 4.90 Å². The first-order chi connectivity index (χ1) is 9.04. The van der Waals surface area contributed by atoms with Gasteiger partial charge in [-0.3, -0.25) is 20.0 Å². The molecule has 2 rings (SSSR count). The zero-order chi connectivity index (χ0) is 14.0. The predicted octanol–water partition coefficient (Wildman–Crippen LogP) is 0.872. The molecule has 8 nitrogen and oxygen atoms in total. The predicted molar refractivity (Wildman–Crippen MR) is 75.2 cm³/mol. The van der Waals surface area contributed by atoms with Crippen LogP contribution in [0.1, 0.15) is 29.0 Å². The van der Waals surface area contributed by atoms with Gasteiger partial charge in [-0.15, -0.1) is 12.4 Å². The van der Waals surface area contributed by atoms with Gasteiger partial charge in [0.05, 0.1) is 4.92 Å². The van der Waals surface area contributed by atoms with Crippen LogP contribution in [0.4, 0.5) is 5.69 Å². The number of nitrogens with zero attached hydrogens (tertiary/aromatic N) is 3. The Bertz CT molecular complexity index is 504. The minimum absolute atomic E-state index is 0. The second kappa shape index (κ2) is 6.67. The minimum Gasteiger partial charge on any atom is -0.335 e. The van der Waals surface area contributed by atoms with E-state index in [4.69, 9.17) is 0 Å². The molecule has 1 amide bonds. The molecule has 1 aliphatic rings. The molecule has 2 heterocycles. The first-order valence-corrected chi connectivity index (χ1v) is 6.20. The lowest BCUT2D eigenvalue weighted by atomic mass is 10.1. The molecule has 1 atom stereocenters. The lowest BCUT2D eigenvalue weighted by Crippen LogP contribution is -2.47. The van der Waals surface area contributed by atoms with Crippen LogP contribution in [0.2, 0.25) is 0 Å². The summed E-state index contributed by atoms with van der Waals surface area (Å²) >= 11 is 0. The quantitative estimate of drug-likeness (QED) is 0.637. The highest BCUT2D eigenvalue weighted by Crippen LogP contribution is 2.23. The molecule has 0 aromatic carbocycles. The number of likely N-dealkylation sites (tertiary alicyclic amines) is 1. The molecular formula is C11H18ClN5O3. The molecular weight excluding hydrogens is 286 g/mol. The summed E-state index contributed by atoms with van der Waals surface area (Å²) < 4.78 is 0. The molecule has 1 aromatic rings. The fourth-order valence-electron chi connectivity index (χ4n) is 2.34. The van der Waals surface area contributed by atoms with Crippen LogP contribution in [0.25, 0.3) is 0 Å². The molecule has 1 fully saturated rings. The van der Waals surface area contributed by atoms with Crippen molar-refractivity contribution in [3.05, 3.63) is 21.5 Å². The Hall–Kier alpha value is -1.67. The number of piperidine rings is 1. The number of carbonyl (C=O) groups is 1. The number of hydrogen-bond acceptors (Lipinski definition) is 5. The van der Waals surface area contributed by atoms with Gasteiger partial charge in [0.15, 0.2) is 0 Å². The van der Waals surface area contributed by atoms with Gasteiger partial charge in [-0.1, -0.05) is 0 Å². The molecule has 0 spiro atoms. The Morgan fingerprint density at radius 1 is 1.60 bits per heavy atom. The SMILES string of the molecule is CNC1CCCN(C(=O)c2n[nH]c(C)c2[N+](=O)[O-])C1.Cl. The Balaban J connectivity index is 0.00000200. The van der Waals surface area contributed by atoms with E-state index in [9.17, 15) is 14.9 Å². The highest BCUT2D eigenvalue weighted by Gasteiger charge is 2.32. The van der Waals surface area contributed by atoms with E-state index in [2.05, 4.69) is 15.5 Å². The first kappa shape index (κ1) is 16.4. The van der Waals surface area contributed by atoms with Crippen LogP contribution in [0.3, 0.4) is 0 Å². The molecule has 1 saturated heterocycles. The van der Waals surface area contributed by atoms with Crippen LogP contribution < -0.4 is 5.32 Å². The topological polar surface area (TPSA) is 104 Å². The lowest BCUT2D eigenvalue weighted by Gasteiger charge is -2.31. The molecule has 2 N–H and O–H groups in total. The number of halogens is 1. The zero-order valence-corrected chi connectivity index (χ0v) is 12.2. The normalized spacial score (nSPS) is 18.5. The van der Waals surface area contributed by atoms with Crippen LogP contribution in [-0.2, 0) is 0 Å². The second-order valence-electron chi connectivity index (χ2n) is 4.68. The monoisotopic (exact) mass is 303 g/mol. The van der Waals surface area contributed by atoms with Gasteiger partial charge in [0.25, 0.3) is 5.91 Å². The number of hydrogen-bond donors (Lipinski definition) is 2. The third kappa shape index (κ3) is 3.07. The summed E-state index contributed by atoms with van der Waals surface area (Å²) in [7, 11) is 1.85. The standard InChI is InChI=1S/C11H17N5O3.ClH/c1-7-10(16(18)19)9(14-13-7)11(17)15-5-3-4-8(6-15)12-2;/h8,12H,3-6H2,1-2H3,(H,13,14);1H. The van der Waals surface area contributed by atoms with E-state index in [1.165, 1.54) is 6.92 Å². The number of likely N-dealkylation sites (N-methyl/N-ethyl adjacent to an activating group) is 1. The molecule has 1 unspecified atom stereocenters. The number of aryl methyl sites for hydroxylation is 1. The maximum absolute atomic E-state index is 12.3. The van der Waals surface area contributed by atoms with Crippen molar-refractivity contribution in [3.8, 4) is 0 Å². The molecule has 0 radical (unpaired) electrons. The Labute approximate surface area is 122 Å². The fraction of sp³-hybridized carbons (Fsp3) is 0.636. The van der Waals surface area contributed by atoms with Gasteiger partial charge < -0.3 is 10.2 Å². The number of aromatic nitrogens is 2. The molecule has 1 aliphatic heterocycles. The number of amides is 1. The van der Waals surface area contributed by atoms with Crippen molar-refractivity contribution in [2.75, 3.05) is 20.1 Å². The van der Waals surface area contributed by atoms with E-state index in [1.807, 2.05) is 7.05 Å². The highest BCUT2D eigenvalue weighted by atomic mass is 35.5. The number of carbonyl (C=O) groups excluding carboxylic acids is 1. The largest absolute Gasteiger partial charge is 0.335 e. The maximum atomic E-state index is 12.3. The number of H-pyrrole nitrogens is 1. The van der Waals surface area contributed by atoms with Crippen molar-refractivity contribution in [2.24, 2.45) is 0 Å². The van der Waals surface area contributed by atoms with Crippen LogP contribution >= 0.6 is 12.4 Å². The number of nitro groups is 1.